The number of rotatable bonds is 3. The summed E-state index contributed by atoms with van der Waals surface area (Å²) in [5.74, 6) is -0.0172. The van der Waals surface area contributed by atoms with Gasteiger partial charge in [-0.25, -0.2) is 9.97 Å². The number of nitrogens with zero attached hydrogens (tertiary/aromatic N) is 2. The van der Waals surface area contributed by atoms with E-state index in [-0.39, 0.29) is 11.9 Å². The van der Waals surface area contributed by atoms with E-state index < -0.39 is 0 Å². The first-order valence-corrected chi connectivity index (χ1v) is 6.48. The fourth-order valence-corrected chi connectivity index (χ4v) is 2.05. The molecule has 1 amide bonds. The third-order valence-corrected chi connectivity index (χ3v) is 2.94. The van der Waals surface area contributed by atoms with E-state index in [1.165, 1.54) is 0 Å². The third kappa shape index (κ3) is 3.24. The van der Waals surface area contributed by atoms with Gasteiger partial charge in [0.1, 0.15) is 0 Å². The lowest BCUT2D eigenvalue weighted by atomic mass is 10.1. The Hall–Kier alpha value is -2.14. The standard InChI is InChI=1S/C14H15ClN4O/c1-8-6-9(2)18-14(17-8)19-13(20)11-7-10(15)4-5-12(11)16-3/h4-7,16H,1-3H3,(H,17,18,19,20). The summed E-state index contributed by atoms with van der Waals surface area (Å²) in [5, 5.41) is 6.13. The topological polar surface area (TPSA) is 66.9 Å². The molecule has 0 saturated heterocycles. The minimum Gasteiger partial charge on any atom is -0.387 e. The Balaban J connectivity index is 2.30. The molecule has 5 nitrogen and oxygen atoms in total. The monoisotopic (exact) mass is 290 g/mol. The van der Waals surface area contributed by atoms with Gasteiger partial charge in [0.05, 0.1) is 5.56 Å². The minimum absolute atomic E-state index is 0.287. The molecule has 0 saturated carbocycles. The van der Waals surface area contributed by atoms with Crippen LogP contribution in [0.25, 0.3) is 0 Å². The molecular weight excluding hydrogens is 276 g/mol. The number of aromatic nitrogens is 2. The van der Waals surface area contributed by atoms with Crippen molar-refractivity contribution in [3.8, 4) is 0 Å². The third-order valence-electron chi connectivity index (χ3n) is 2.70. The largest absolute Gasteiger partial charge is 0.387 e. The van der Waals surface area contributed by atoms with Gasteiger partial charge in [0.2, 0.25) is 5.95 Å². The number of halogens is 1. The summed E-state index contributed by atoms with van der Waals surface area (Å²) in [7, 11) is 1.74. The predicted molar refractivity (Wildman–Crippen MR) is 80.5 cm³/mol. The smallest absolute Gasteiger partial charge is 0.260 e. The zero-order chi connectivity index (χ0) is 14.7. The fraction of sp³-hybridized carbons (Fsp3) is 0.214. The second kappa shape index (κ2) is 5.88. The Labute approximate surface area is 122 Å². The van der Waals surface area contributed by atoms with Crippen LogP contribution in [-0.2, 0) is 0 Å². The van der Waals surface area contributed by atoms with Crippen molar-refractivity contribution in [3.63, 3.8) is 0 Å². The molecule has 0 aliphatic heterocycles. The lowest BCUT2D eigenvalue weighted by molar-refractivity contribution is 0.102. The number of nitrogens with one attached hydrogen (secondary N) is 2. The second-order valence-corrected chi connectivity index (χ2v) is 4.80. The molecule has 0 radical (unpaired) electrons. The second-order valence-electron chi connectivity index (χ2n) is 4.37. The molecule has 20 heavy (non-hydrogen) atoms. The number of benzene rings is 1. The number of hydrogen-bond donors (Lipinski definition) is 2. The summed E-state index contributed by atoms with van der Waals surface area (Å²) >= 11 is 5.93. The number of carbonyl (C=O) groups excluding carboxylic acids is 1. The molecule has 0 aliphatic rings. The van der Waals surface area contributed by atoms with Gasteiger partial charge >= 0.3 is 0 Å². The molecular formula is C14H15ClN4O. The zero-order valence-electron chi connectivity index (χ0n) is 11.5. The van der Waals surface area contributed by atoms with Crippen LogP contribution in [0, 0.1) is 13.8 Å². The van der Waals surface area contributed by atoms with Gasteiger partial charge < -0.3 is 5.32 Å². The van der Waals surface area contributed by atoms with Crippen molar-refractivity contribution in [2.75, 3.05) is 17.7 Å². The van der Waals surface area contributed by atoms with Gasteiger partial charge in [-0.3, -0.25) is 10.1 Å². The molecule has 1 aromatic carbocycles. The van der Waals surface area contributed by atoms with E-state index in [0.717, 1.165) is 11.4 Å². The average molecular weight is 291 g/mol. The lowest BCUT2D eigenvalue weighted by Crippen LogP contribution is -2.16. The molecule has 0 aliphatic carbocycles. The van der Waals surface area contributed by atoms with Gasteiger partial charge in [-0.2, -0.15) is 0 Å². The van der Waals surface area contributed by atoms with Crippen LogP contribution in [0.5, 0.6) is 0 Å². The summed E-state index contributed by atoms with van der Waals surface area (Å²) in [4.78, 5) is 20.6. The van der Waals surface area contributed by atoms with Gasteiger partial charge in [0, 0.05) is 29.1 Å². The molecule has 0 bridgehead atoms. The van der Waals surface area contributed by atoms with Gasteiger partial charge in [-0.1, -0.05) is 11.6 Å². The minimum atomic E-state index is -0.304. The Morgan fingerprint density at radius 1 is 1.15 bits per heavy atom. The van der Waals surface area contributed by atoms with Crippen LogP contribution < -0.4 is 10.6 Å². The van der Waals surface area contributed by atoms with Crippen molar-refractivity contribution in [2.24, 2.45) is 0 Å². The normalized spacial score (nSPS) is 10.2. The molecule has 0 unspecified atom stereocenters. The van der Waals surface area contributed by atoms with Gasteiger partial charge in [0.25, 0.3) is 5.91 Å². The number of hydrogen-bond acceptors (Lipinski definition) is 4. The van der Waals surface area contributed by atoms with Gasteiger partial charge in [0.15, 0.2) is 0 Å². The molecule has 104 valence electrons. The maximum Gasteiger partial charge on any atom is 0.260 e. The number of aryl methyl sites for hydroxylation is 2. The maximum absolute atomic E-state index is 12.3. The van der Waals surface area contributed by atoms with Crippen LogP contribution in [0.15, 0.2) is 24.3 Å². The lowest BCUT2D eigenvalue weighted by Gasteiger charge is -2.10. The van der Waals surface area contributed by atoms with Crippen LogP contribution >= 0.6 is 11.6 Å². The molecule has 1 heterocycles. The molecule has 6 heteroatoms. The molecule has 0 fully saturated rings. The molecule has 0 atom stereocenters. The van der Waals surface area contributed by atoms with Gasteiger partial charge in [-0.15, -0.1) is 0 Å². The first-order valence-electron chi connectivity index (χ1n) is 6.10. The van der Waals surface area contributed by atoms with E-state index in [1.54, 1.807) is 25.2 Å². The highest BCUT2D eigenvalue weighted by Crippen LogP contribution is 2.21. The maximum atomic E-state index is 12.3. The van der Waals surface area contributed by atoms with Crippen LogP contribution in [0.3, 0.4) is 0 Å². The summed E-state index contributed by atoms with van der Waals surface area (Å²) in [6.45, 7) is 3.70. The average Bonchev–Trinajstić information content (AvgIpc) is 2.37. The molecule has 0 spiro atoms. The van der Waals surface area contributed by atoms with E-state index in [9.17, 15) is 4.79 Å². The van der Waals surface area contributed by atoms with E-state index in [0.29, 0.717) is 16.3 Å². The zero-order valence-corrected chi connectivity index (χ0v) is 12.2. The van der Waals surface area contributed by atoms with Crippen molar-refractivity contribution in [1.82, 2.24) is 9.97 Å². The number of amides is 1. The van der Waals surface area contributed by atoms with Crippen LogP contribution in [0.2, 0.25) is 5.02 Å². The van der Waals surface area contributed by atoms with E-state index >= 15 is 0 Å². The molecule has 2 rings (SSSR count). The van der Waals surface area contributed by atoms with Crippen molar-refractivity contribution < 1.29 is 4.79 Å². The highest BCUT2D eigenvalue weighted by Gasteiger charge is 2.13. The summed E-state index contributed by atoms with van der Waals surface area (Å²) in [5.41, 5.74) is 2.74. The van der Waals surface area contributed by atoms with Crippen molar-refractivity contribution in [1.29, 1.82) is 0 Å². The van der Waals surface area contributed by atoms with Crippen molar-refractivity contribution in [2.45, 2.75) is 13.8 Å². The van der Waals surface area contributed by atoms with E-state index in [4.69, 9.17) is 11.6 Å². The summed E-state index contributed by atoms with van der Waals surface area (Å²) in [6, 6.07) is 6.91. The first kappa shape index (κ1) is 14.3. The number of carbonyl (C=O) groups is 1. The quantitative estimate of drug-likeness (QED) is 0.912. The van der Waals surface area contributed by atoms with Crippen LogP contribution in [0.1, 0.15) is 21.7 Å². The van der Waals surface area contributed by atoms with Crippen molar-refractivity contribution >= 4 is 29.1 Å². The molecule has 2 aromatic rings. The van der Waals surface area contributed by atoms with Crippen LogP contribution in [-0.4, -0.2) is 22.9 Å². The first-order chi connectivity index (χ1) is 9.49. The van der Waals surface area contributed by atoms with Crippen molar-refractivity contribution in [3.05, 3.63) is 46.2 Å². The van der Waals surface area contributed by atoms with E-state index in [2.05, 4.69) is 20.6 Å². The summed E-state index contributed by atoms with van der Waals surface area (Å²) in [6.07, 6.45) is 0. The molecule has 1 aromatic heterocycles. The van der Waals surface area contributed by atoms with Gasteiger partial charge in [-0.05, 0) is 38.1 Å². The Morgan fingerprint density at radius 2 is 1.80 bits per heavy atom. The highest BCUT2D eigenvalue weighted by atomic mass is 35.5. The van der Waals surface area contributed by atoms with E-state index in [1.807, 2.05) is 19.9 Å². The highest BCUT2D eigenvalue weighted by molar-refractivity contribution is 6.31. The Morgan fingerprint density at radius 3 is 2.40 bits per heavy atom. The summed E-state index contributed by atoms with van der Waals surface area (Å²) < 4.78 is 0. The SMILES string of the molecule is CNc1ccc(Cl)cc1C(=O)Nc1nc(C)cc(C)n1. The fourth-order valence-electron chi connectivity index (χ4n) is 1.87. The number of anilines is 2. The predicted octanol–water partition coefficient (Wildman–Crippen LogP) is 3.04. The van der Waals surface area contributed by atoms with Crippen LogP contribution in [0.4, 0.5) is 11.6 Å². The molecule has 2 N–H and O–H groups in total. The Bertz CT molecular complexity index is 637. The Kier molecular flexibility index (Phi) is 4.20.